The number of likely N-dealkylation sites (tertiary alicyclic amines) is 1. The molecule has 1 aromatic rings. The van der Waals surface area contributed by atoms with Crippen molar-refractivity contribution in [3.63, 3.8) is 0 Å². The molecular weight excluding hydrogens is 476 g/mol. The zero-order valence-corrected chi connectivity index (χ0v) is 14.1. The maximum absolute atomic E-state index is 12.3. The largest absolute Gasteiger partial charge is 0.506 e. The minimum absolute atomic E-state index is 0.0372. The molecule has 1 saturated heterocycles. The molecule has 0 bridgehead atoms. The van der Waals surface area contributed by atoms with Crippen molar-refractivity contribution in [1.82, 2.24) is 4.90 Å². The van der Waals surface area contributed by atoms with Gasteiger partial charge in [0.1, 0.15) is 5.75 Å². The van der Waals surface area contributed by atoms with E-state index in [1.165, 1.54) is 4.90 Å². The second-order valence-electron chi connectivity index (χ2n) is 4.36. The van der Waals surface area contributed by atoms with Crippen LogP contribution in [0.2, 0.25) is 0 Å². The Hall–Kier alpha value is -0.580. The van der Waals surface area contributed by atoms with Crippen LogP contribution >= 0.6 is 45.2 Å². The molecule has 1 unspecified atom stereocenters. The van der Waals surface area contributed by atoms with Gasteiger partial charge in [0.25, 0.3) is 5.91 Å². The summed E-state index contributed by atoms with van der Waals surface area (Å²) >= 11 is 4.05. The van der Waals surface area contributed by atoms with Crippen LogP contribution in [0, 0.1) is 13.1 Å². The van der Waals surface area contributed by atoms with Crippen LogP contribution in [0.1, 0.15) is 16.8 Å². The Kier molecular flexibility index (Phi) is 4.54. The van der Waals surface area contributed by atoms with E-state index in [9.17, 15) is 14.7 Å². The highest BCUT2D eigenvalue weighted by Gasteiger charge is 2.32. The molecule has 1 heterocycles. The SMILES string of the molecule is O=C(O)C1CCN(C(=O)c2cc(I)cc(I)c2O)C1. The summed E-state index contributed by atoms with van der Waals surface area (Å²) in [6.45, 7) is 0.618. The Morgan fingerprint density at radius 3 is 2.58 bits per heavy atom. The highest BCUT2D eigenvalue weighted by molar-refractivity contribution is 14.1. The van der Waals surface area contributed by atoms with E-state index in [1.807, 2.05) is 22.6 Å². The Morgan fingerprint density at radius 2 is 2.00 bits per heavy atom. The molecular formula is C12H11I2NO4. The Balaban J connectivity index is 2.24. The van der Waals surface area contributed by atoms with Gasteiger partial charge in [0.15, 0.2) is 0 Å². The van der Waals surface area contributed by atoms with Crippen molar-refractivity contribution in [2.24, 2.45) is 5.92 Å². The van der Waals surface area contributed by atoms with Crippen LogP contribution in [0.3, 0.4) is 0 Å². The van der Waals surface area contributed by atoms with Gasteiger partial charge in [-0.2, -0.15) is 0 Å². The minimum atomic E-state index is -0.878. The summed E-state index contributed by atoms with van der Waals surface area (Å²) < 4.78 is 1.47. The van der Waals surface area contributed by atoms with E-state index in [4.69, 9.17) is 5.11 Å². The number of aliphatic carboxylic acids is 1. The van der Waals surface area contributed by atoms with Gasteiger partial charge in [-0.05, 0) is 63.7 Å². The van der Waals surface area contributed by atoms with Crippen molar-refractivity contribution in [2.45, 2.75) is 6.42 Å². The highest BCUT2D eigenvalue weighted by Crippen LogP contribution is 2.29. The van der Waals surface area contributed by atoms with Crippen LogP contribution in [0.4, 0.5) is 0 Å². The third-order valence-corrected chi connectivity index (χ3v) is 4.53. The van der Waals surface area contributed by atoms with Crippen molar-refractivity contribution in [2.75, 3.05) is 13.1 Å². The third kappa shape index (κ3) is 3.12. The van der Waals surface area contributed by atoms with E-state index in [2.05, 4.69) is 22.6 Å². The molecule has 1 aliphatic rings. The molecule has 19 heavy (non-hydrogen) atoms. The first-order valence-corrected chi connectivity index (χ1v) is 7.76. The van der Waals surface area contributed by atoms with Gasteiger partial charge in [0.05, 0.1) is 15.1 Å². The molecule has 1 fully saturated rings. The molecule has 0 aromatic heterocycles. The molecule has 0 aliphatic carbocycles. The molecule has 0 saturated carbocycles. The number of hydrogen-bond acceptors (Lipinski definition) is 3. The fraction of sp³-hybridized carbons (Fsp3) is 0.333. The molecule has 7 heteroatoms. The topological polar surface area (TPSA) is 77.8 Å². The summed E-state index contributed by atoms with van der Waals surface area (Å²) in [4.78, 5) is 24.7. The monoisotopic (exact) mass is 487 g/mol. The van der Waals surface area contributed by atoms with Crippen LogP contribution in [-0.4, -0.2) is 40.1 Å². The zero-order chi connectivity index (χ0) is 14.2. The fourth-order valence-electron chi connectivity index (χ4n) is 2.05. The number of phenols is 1. The molecule has 0 spiro atoms. The van der Waals surface area contributed by atoms with Crippen LogP contribution in [0.25, 0.3) is 0 Å². The minimum Gasteiger partial charge on any atom is -0.506 e. The standard InChI is InChI=1S/C12H11I2NO4/c13-7-3-8(10(16)9(14)4-7)11(17)15-2-1-6(5-15)12(18)19/h3-4,6,16H,1-2,5H2,(H,18,19). The lowest BCUT2D eigenvalue weighted by Gasteiger charge is -2.17. The Morgan fingerprint density at radius 1 is 1.32 bits per heavy atom. The predicted molar refractivity (Wildman–Crippen MR) is 85.2 cm³/mol. The maximum atomic E-state index is 12.3. The lowest BCUT2D eigenvalue weighted by molar-refractivity contribution is -0.141. The van der Waals surface area contributed by atoms with Gasteiger partial charge in [-0.3, -0.25) is 9.59 Å². The van der Waals surface area contributed by atoms with Crippen molar-refractivity contribution >= 4 is 57.1 Å². The number of halogens is 2. The maximum Gasteiger partial charge on any atom is 0.308 e. The molecule has 1 aromatic carbocycles. The Bertz CT molecular complexity index is 547. The molecule has 2 N–H and O–H groups in total. The number of rotatable bonds is 2. The lowest BCUT2D eigenvalue weighted by Crippen LogP contribution is -2.30. The summed E-state index contributed by atoms with van der Waals surface area (Å²) in [7, 11) is 0. The molecule has 1 aliphatic heterocycles. The van der Waals surface area contributed by atoms with E-state index >= 15 is 0 Å². The number of phenolic OH excluding ortho intramolecular Hbond substituents is 1. The van der Waals surface area contributed by atoms with Crippen molar-refractivity contribution in [1.29, 1.82) is 0 Å². The molecule has 2 rings (SSSR count). The second kappa shape index (κ2) is 5.81. The number of carbonyl (C=O) groups excluding carboxylic acids is 1. The highest BCUT2D eigenvalue weighted by atomic mass is 127. The van der Waals surface area contributed by atoms with Crippen LogP contribution in [0.15, 0.2) is 12.1 Å². The van der Waals surface area contributed by atoms with Crippen LogP contribution in [0.5, 0.6) is 5.75 Å². The third-order valence-electron chi connectivity index (χ3n) is 3.08. The lowest BCUT2D eigenvalue weighted by atomic mass is 10.1. The quantitative estimate of drug-likeness (QED) is 0.628. The summed E-state index contributed by atoms with van der Waals surface area (Å²) in [5.41, 5.74) is 0.238. The molecule has 102 valence electrons. The van der Waals surface area contributed by atoms with E-state index in [1.54, 1.807) is 12.1 Å². The van der Waals surface area contributed by atoms with Crippen LogP contribution < -0.4 is 0 Å². The number of carbonyl (C=O) groups is 2. The van der Waals surface area contributed by atoms with Crippen molar-refractivity contribution < 1.29 is 19.8 Å². The van der Waals surface area contributed by atoms with Crippen LogP contribution in [-0.2, 0) is 4.79 Å². The fourth-order valence-corrected chi connectivity index (χ4v) is 3.89. The first-order valence-electron chi connectivity index (χ1n) is 5.60. The van der Waals surface area contributed by atoms with Gasteiger partial charge < -0.3 is 15.1 Å². The number of nitrogens with zero attached hydrogens (tertiary/aromatic N) is 1. The van der Waals surface area contributed by atoms with Gasteiger partial charge in [0, 0.05) is 16.7 Å². The first-order chi connectivity index (χ1) is 8.90. The van der Waals surface area contributed by atoms with Gasteiger partial charge in [-0.25, -0.2) is 0 Å². The number of carboxylic acids is 1. The van der Waals surface area contributed by atoms with Gasteiger partial charge in [0.2, 0.25) is 0 Å². The summed E-state index contributed by atoms with van der Waals surface area (Å²) in [5, 5.41) is 18.9. The van der Waals surface area contributed by atoms with Gasteiger partial charge in [-0.1, -0.05) is 0 Å². The molecule has 5 nitrogen and oxygen atoms in total. The number of benzene rings is 1. The van der Waals surface area contributed by atoms with E-state index in [-0.39, 0.29) is 23.8 Å². The summed E-state index contributed by atoms with van der Waals surface area (Å²) in [6, 6.07) is 3.39. The summed E-state index contributed by atoms with van der Waals surface area (Å²) in [5.74, 6) is -1.73. The molecule has 1 atom stereocenters. The summed E-state index contributed by atoms with van der Waals surface area (Å²) in [6.07, 6.45) is 0.461. The van der Waals surface area contributed by atoms with E-state index < -0.39 is 11.9 Å². The average molecular weight is 487 g/mol. The average Bonchev–Trinajstić information content (AvgIpc) is 2.82. The number of hydrogen-bond donors (Lipinski definition) is 2. The molecule has 1 amide bonds. The Labute approximate surface area is 137 Å². The zero-order valence-electron chi connectivity index (χ0n) is 9.77. The van der Waals surface area contributed by atoms with Crippen molar-refractivity contribution in [3.8, 4) is 5.75 Å². The number of aromatic hydroxyl groups is 1. The predicted octanol–water partition coefficient (Wildman–Crippen LogP) is 2.15. The van der Waals surface area contributed by atoms with Crippen molar-refractivity contribution in [3.05, 3.63) is 24.8 Å². The second-order valence-corrected chi connectivity index (χ2v) is 6.77. The van der Waals surface area contributed by atoms with Gasteiger partial charge >= 0.3 is 5.97 Å². The van der Waals surface area contributed by atoms with Gasteiger partial charge in [-0.15, -0.1) is 0 Å². The van der Waals surface area contributed by atoms with E-state index in [0.717, 1.165) is 3.57 Å². The molecule has 0 radical (unpaired) electrons. The number of amides is 1. The van der Waals surface area contributed by atoms with E-state index in [0.29, 0.717) is 16.5 Å². The smallest absolute Gasteiger partial charge is 0.308 e. The normalized spacial score (nSPS) is 18.6. The number of carboxylic acid groups (broad SMARTS) is 1. The first kappa shape index (κ1) is 14.8.